The Morgan fingerprint density at radius 3 is 2.51 bits per heavy atom. The van der Waals surface area contributed by atoms with Gasteiger partial charge in [-0.15, -0.1) is 0 Å². The summed E-state index contributed by atoms with van der Waals surface area (Å²) >= 11 is 0. The Balaban J connectivity index is 1.72. The molecular formula is C25H29N3O7. The van der Waals surface area contributed by atoms with Crippen molar-refractivity contribution in [2.45, 2.75) is 37.3 Å². The molecule has 4 aliphatic rings. The molecule has 0 radical (unpaired) electrons. The number of carbonyl (C=O) groups is 3. The smallest absolute Gasteiger partial charge is 0.255 e. The Morgan fingerprint density at radius 2 is 1.89 bits per heavy atom. The highest BCUT2D eigenvalue weighted by molar-refractivity contribution is 6.22. The van der Waals surface area contributed by atoms with Gasteiger partial charge in [0.05, 0.1) is 5.56 Å². The molecule has 1 heterocycles. The van der Waals surface area contributed by atoms with E-state index in [1.165, 1.54) is 0 Å². The number of aliphatic hydroxyl groups is 3. The van der Waals surface area contributed by atoms with E-state index >= 15 is 0 Å². The molecule has 1 saturated carbocycles. The Morgan fingerprint density at radius 1 is 1.20 bits per heavy atom. The number of aliphatic hydroxyl groups excluding tert-OH is 2. The van der Waals surface area contributed by atoms with E-state index in [1.807, 2.05) is 21.1 Å². The van der Waals surface area contributed by atoms with Gasteiger partial charge in [0.2, 0.25) is 5.78 Å². The second kappa shape index (κ2) is 7.56. The fraction of sp³-hybridized carbons (Fsp3) is 0.480. The van der Waals surface area contributed by atoms with E-state index in [0.717, 1.165) is 24.2 Å². The van der Waals surface area contributed by atoms with E-state index in [0.29, 0.717) is 12.0 Å². The molecule has 1 fully saturated rings. The fourth-order valence-electron chi connectivity index (χ4n) is 6.53. The second-order valence-electron chi connectivity index (χ2n) is 10.3. The number of nitrogens with zero attached hydrogens (tertiary/aromatic N) is 2. The summed E-state index contributed by atoms with van der Waals surface area (Å²) in [6, 6.07) is 1.67. The zero-order chi connectivity index (χ0) is 25.6. The third kappa shape index (κ3) is 2.99. The van der Waals surface area contributed by atoms with E-state index in [-0.39, 0.29) is 35.8 Å². The SMILES string of the molecule is CN1CCC(N(C)C)c2cc(O)c3c(c21)CC1C[C@H]2CC(=O)C(C(N)=O)=C(O)[C@@]2(O)C(=O)C1=C3O. The van der Waals surface area contributed by atoms with Gasteiger partial charge in [0, 0.05) is 43.2 Å². The van der Waals surface area contributed by atoms with Crippen molar-refractivity contribution in [2.75, 3.05) is 32.6 Å². The molecule has 0 spiro atoms. The minimum Gasteiger partial charge on any atom is -0.508 e. The lowest BCUT2D eigenvalue weighted by atomic mass is 9.59. The first-order chi connectivity index (χ1) is 16.4. The van der Waals surface area contributed by atoms with Gasteiger partial charge in [0.15, 0.2) is 11.4 Å². The standard InChI is InChI=1S/C25H29N3O7/c1-27(2)14-4-5-28(3)20-12(14)9-16(30)18-13(20)7-10-6-11-8-15(29)19(24(26)34)23(33)25(11,35)22(32)17(10)21(18)31/h9-11,14,30-31,33,35H,4-8H2,1-3H3,(H2,26,34)/t10?,11-,14?,25-/m0/s1. The molecule has 10 nitrogen and oxygen atoms in total. The van der Waals surface area contributed by atoms with Crippen LogP contribution in [0, 0.1) is 11.8 Å². The number of fused-ring (bicyclic) bond motifs is 5. The molecule has 6 N–H and O–H groups in total. The highest BCUT2D eigenvalue weighted by atomic mass is 16.3. The zero-order valence-electron chi connectivity index (χ0n) is 19.8. The summed E-state index contributed by atoms with van der Waals surface area (Å²) in [6.45, 7) is 0.763. The average molecular weight is 484 g/mol. The van der Waals surface area contributed by atoms with Gasteiger partial charge in [-0.1, -0.05) is 0 Å². The molecule has 2 unspecified atom stereocenters. The maximum Gasteiger partial charge on any atom is 0.255 e. The van der Waals surface area contributed by atoms with Crippen LogP contribution in [0.25, 0.3) is 5.76 Å². The number of anilines is 1. The number of amides is 1. The summed E-state index contributed by atoms with van der Waals surface area (Å²) in [5.41, 5.74) is 4.41. The molecule has 1 amide bonds. The lowest BCUT2D eigenvalue weighted by Crippen LogP contribution is -2.58. The van der Waals surface area contributed by atoms with Crippen LogP contribution in [0.15, 0.2) is 23.0 Å². The van der Waals surface area contributed by atoms with Crippen LogP contribution in [-0.4, -0.2) is 76.1 Å². The maximum absolute atomic E-state index is 13.6. The number of hydrogen-bond acceptors (Lipinski definition) is 9. The molecular weight excluding hydrogens is 454 g/mol. The normalized spacial score (nSPS) is 30.2. The summed E-state index contributed by atoms with van der Waals surface area (Å²) in [6.07, 6.45) is 0.946. The van der Waals surface area contributed by atoms with Gasteiger partial charge in [-0.05, 0) is 56.5 Å². The first kappa shape index (κ1) is 23.4. The lowest BCUT2D eigenvalue weighted by molar-refractivity contribution is -0.147. The van der Waals surface area contributed by atoms with Crippen molar-refractivity contribution in [3.63, 3.8) is 0 Å². The van der Waals surface area contributed by atoms with Crippen LogP contribution in [0.4, 0.5) is 5.69 Å². The molecule has 1 aromatic rings. The van der Waals surface area contributed by atoms with Crippen molar-refractivity contribution in [1.29, 1.82) is 0 Å². The number of phenolic OH excluding ortho intramolecular Hbond substituents is 1. The molecule has 35 heavy (non-hydrogen) atoms. The Labute approximate surface area is 201 Å². The minimum absolute atomic E-state index is 0.0632. The first-order valence-corrected chi connectivity index (χ1v) is 11.6. The monoisotopic (exact) mass is 483 g/mol. The first-order valence-electron chi connectivity index (χ1n) is 11.6. The number of ketones is 2. The van der Waals surface area contributed by atoms with Crippen LogP contribution >= 0.6 is 0 Å². The molecule has 10 heteroatoms. The third-order valence-electron chi connectivity index (χ3n) is 8.17. The Hall–Kier alpha value is -3.37. The van der Waals surface area contributed by atoms with Crippen molar-refractivity contribution < 1.29 is 34.8 Å². The molecule has 0 bridgehead atoms. The van der Waals surface area contributed by atoms with Gasteiger partial charge in [-0.25, -0.2) is 0 Å². The van der Waals surface area contributed by atoms with Gasteiger partial charge in [0.1, 0.15) is 22.8 Å². The zero-order valence-corrected chi connectivity index (χ0v) is 19.8. The van der Waals surface area contributed by atoms with Crippen molar-refractivity contribution in [1.82, 2.24) is 4.90 Å². The number of hydrogen-bond donors (Lipinski definition) is 5. The van der Waals surface area contributed by atoms with Gasteiger partial charge >= 0.3 is 0 Å². The van der Waals surface area contributed by atoms with Gasteiger partial charge in [-0.3, -0.25) is 14.4 Å². The van der Waals surface area contributed by atoms with Crippen LogP contribution in [0.1, 0.15) is 42.0 Å². The van der Waals surface area contributed by atoms with Crippen LogP contribution < -0.4 is 10.6 Å². The number of rotatable bonds is 2. The van der Waals surface area contributed by atoms with Crippen molar-refractivity contribution in [2.24, 2.45) is 17.6 Å². The number of primary amides is 1. The number of Topliss-reactive ketones (excluding diaryl/α,β-unsaturated/α-hetero) is 2. The molecule has 186 valence electrons. The Bertz CT molecular complexity index is 1260. The summed E-state index contributed by atoms with van der Waals surface area (Å²) < 4.78 is 0. The highest BCUT2D eigenvalue weighted by Gasteiger charge is 2.60. The van der Waals surface area contributed by atoms with Crippen molar-refractivity contribution in [3.8, 4) is 5.75 Å². The minimum atomic E-state index is -2.55. The largest absolute Gasteiger partial charge is 0.508 e. The molecule has 4 atom stereocenters. The van der Waals surface area contributed by atoms with Crippen LogP contribution in [0.5, 0.6) is 5.75 Å². The van der Waals surface area contributed by atoms with Crippen LogP contribution in [0.2, 0.25) is 0 Å². The number of nitrogens with two attached hydrogens (primary N) is 1. The number of carbonyl (C=O) groups excluding carboxylic acids is 3. The van der Waals surface area contributed by atoms with Crippen molar-refractivity contribution >= 4 is 28.9 Å². The molecule has 1 aromatic carbocycles. The van der Waals surface area contributed by atoms with E-state index in [1.54, 1.807) is 6.07 Å². The summed E-state index contributed by atoms with van der Waals surface area (Å²) in [4.78, 5) is 42.0. The lowest BCUT2D eigenvalue weighted by Gasteiger charge is -2.47. The second-order valence-corrected chi connectivity index (χ2v) is 10.3. The quantitative estimate of drug-likeness (QED) is 0.384. The maximum atomic E-state index is 13.6. The highest BCUT2D eigenvalue weighted by Crippen LogP contribution is 2.54. The van der Waals surface area contributed by atoms with Crippen LogP contribution in [0.3, 0.4) is 0 Å². The van der Waals surface area contributed by atoms with Crippen molar-refractivity contribution in [3.05, 3.63) is 39.7 Å². The summed E-state index contributed by atoms with van der Waals surface area (Å²) in [5.74, 6) is -6.17. The fourth-order valence-corrected chi connectivity index (χ4v) is 6.53. The molecule has 0 saturated heterocycles. The van der Waals surface area contributed by atoms with Gasteiger partial charge in [0.25, 0.3) is 5.91 Å². The predicted molar refractivity (Wildman–Crippen MR) is 126 cm³/mol. The summed E-state index contributed by atoms with van der Waals surface area (Å²) in [5, 5.41) is 44.3. The van der Waals surface area contributed by atoms with E-state index < -0.39 is 52.0 Å². The predicted octanol–water partition coefficient (Wildman–Crippen LogP) is 0.867. The molecule has 5 rings (SSSR count). The molecule has 3 aliphatic carbocycles. The molecule has 0 aromatic heterocycles. The average Bonchev–Trinajstić information content (AvgIpc) is 2.75. The topological polar surface area (TPSA) is 165 Å². The van der Waals surface area contributed by atoms with E-state index in [2.05, 4.69) is 9.80 Å². The number of benzene rings is 1. The number of phenols is 1. The summed E-state index contributed by atoms with van der Waals surface area (Å²) in [7, 11) is 5.87. The van der Waals surface area contributed by atoms with E-state index in [9.17, 15) is 34.8 Å². The Kier molecular flexibility index (Phi) is 5.05. The number of aromatic hydroxyl groups is 1. The van der Waals surface area contributed by atoms with Gasteiger partial charge in [-0.2, -0.15) is 0 Å². The molecule has 1 aliphatic heterocycles. The van der Waals surface area contributed by atoms with Gasteiger partial charge < -0.3 is 36.0 Å². The van der Waals surface area contributed by atoms with E-state index in [4.69, 9.17) is 5.73 Å². The third-order valence-corrected chi connectivity index (χ3v) is 8.17. The van der Waals surface area contributed by atoms with Crippen LogP contribution in [-0.2, 0) is 20.8 Å².